The Morgan fingerprint density at radius 1 is 0.740 bits per heavy atom. The Bertz CT molecular complexity index is 1680. The van der Waals surface area contributed by atoms with Gasteiger partial charge in [-0.3, -0.25) is 29.8 Å². The van der Waals surface area contributed by atoms with E-state index in [1.54, 1.807) is 6.92 Å². The number of rotatable bonds is 13. The Balaban J connectivity index is 1.45. The highest BCUT2D eigenvalue weighted by atomic mass is 16.6. The van der Waals surface area contributed by atoms with Gasteiger partial charge in [0, 0.05) is 38.4 Å². The molecular formula is C31H36N4O15. The lowest BCUT2D eigenvalue weighted by Crippen LogP contribution is -2.41. The topological polar surface area (TPSA) is 248 Å². The molecule has 0 aromatic heterocycles. The fraction of sp³-hybridized carbons (Fsp3) is 0.484. The van der Waals surface area contributed by atoms with Crippen molar-refractivity contribution in [1.82, 2.24) is 9.80 Å². The second kappa shape index (κ2) is 15.8. The van der Waals surface area contributed by atoms with Crippen molar-refractivity contribution in [3.8, 4) is 17.2 Å². The monoisotopic (exact) mass is 704 g/mol. The van der Waals surface area contributed by atoms with Crippen LogP contribution in [0.1, 0.15) is 45.5 Å². The minimum absolute atomic E-state index is 0.0269. The van der Waals surface area contributed by atoms with Gasteiger partial charge in [0.25, 0.3) is 23.2 Å². The molecule has 4 rings (SSSR count). The molecule has 2 N–H and O–H groups in total. The summed E-state index contributed by atoms with van der Waals surface area (Å²) in [6.07, 6.45) is -2.04. The van der Waals surface area contributed by atoms with E-state index in [1.165, 1.54) is 13.2 Å². The summed E-state index contributed by atoms with van der Waals surface area (Å²) in [6, 6.07) is 2.20. The van der Waals surface area contributed by atoms with Crippen molar-refractivity contribution >= 4 is 35.1 Å². The quantitative estimate of drug-likeness (QED) is 0.129. The molecular weight excluding hydrogens is 668 g/mol. The van der Waals surface area contributed by atoms with Crippen LogP contribution < -0.4 is 14.2 Å². The molecule has 270 valence electrons. The number of nitro benzene ring substituents is 2. The van der Waals surface area contributed by atoms with Gasteiger partial charge in [-0.2, -0.15) is 0 Å². The number of carbonyl (C=O) groups is 4. The van der Waals surface area contributed by atoms with Crippen molar-refractivity contribution < 1.29 is 62.9 Å². The van der Waals surface area contributed by atoms with Crippen molar-refractivity contribution in [1.29, 1.82) is 0 Å². The summed E-state index contributed by atoms with van der Waals surface area (Å²) in [7, 11) is 3.51. The summed E-state index contributed by atoms with van der Waals surface area (Å²) >= 11 is 0. The van der Waals surface area contributed by atoms with Gasteiger partial charge in [-0.15, -0.1) is 0 Å². The van der Waals surface area contributed by atoms with E-state index in [0.717, 1.165) is 42.2 Å². The number of ether oxygens (including phenoxy) is 5. The molecule has 2 amide bonds. The highest BCUT2D eigenvalue weighted by Gasteiger charge is 2.43. The molecule has 2 fully saturated rings. The third-order valence-electron chi connectivity index (χ3n) is 8.26. The number of aryl methyl sites for hydroxylation is 1. The molecule has 0 unspecified atom stereocenters. The molecule has 0 radical (unpaired) electrons. The summed E-state index contributed by atoms with van der Waals surface area (Å²) in [5.41, 5.74) is -1.54. The first kappa shape index (κ1) is 37.3. The number of amides is 2. The van der Waals surface area contributed by atoms with Crippen molar-refractivity contribution in [2.45, 2.75) is 50.5 Å². The van der Waals surface area contributed by atoms with E-state index < -0.39 is 74.8 Å². The second-order valence-electron chi connectivity index (χ2n) is 11.5. The van der Waals surface area contributed by atoms with E-state index in [2.05, 4.69) is 0 Å². The fourth-order valence-corrected chi connectivity index (χ4v) is 5.83. The fourth-order valence-electron chi connectivity index (χ4n) is 5.83. The molecule has 0 bridgehead atoms. The predicted octanol–water partition coefficient (Wildman–Crippen LogP) is 1.16. The molecule has 2 saturated heterocycles. The summed E-state index contributed by atoms with van der Waals surface area (Å²) in [6.45, 7) is 0.996. The van der Waals surface area contributed by atoms with Gasteiger partial charge in [-0.05, 0) is 18.6 Å². The highest BCUT2D eigenvalue weighted by molar-refractivity contribution is 6.02. The van der Waals surface area contributed by atoms with Gasteiger partial charge in [0.2, 0.25) is 0 Å². The molecule has 2 aromatic rings. The van der Waals surface area contributed by atoms with Gasteiger partial charge in [0.15, 0.2) is 11.5 Å². The van der Waals surface area contributed by atoms with Crippen LogP contribution >= 0.6 is 0 Å². The minimum Gasteiger partial charge on any atom is -0.493 e. The van der Waals surface area contributed by atoms with Gasteiger partial charge in [-0.25, -0.2) is 9.59 Å². The highest BCUT2D eigenvalue weighted by Crippen LogP contribution is 2.37. The predicted molar refractivity (Wildman–Crippen MR) is 168 cm³/mol. The van der Waals surface area contributed by atoms with Crippen LogP contribution in [-0.4, -0.2) is 126 Å². The zero-order valence-corrected chi connectivity index (χ0v) is 27.6. The lowest BCUT2D eigenvalue weighted by atomic mass is 10.1. The maximum Gasteiger partial charge on any atom is 0.328 e. The number of nitrogens with zero attached hydrogens (tertiary/aromatic N) is 4. The van der Waals surface area contributed by atoms with Crippen LogP contribution in [0.3, 0.4) is 0 Å². The number of β-amino-alcohol motifs (C(OH)–C–C–N with tert-alkyl or cyclic N) is 2. The third-order valence-corrected chi connectivity index (χ3v) is 8.26. The smallest absolute Gasteiger partial charge is 0.328 e. The number of likely N-dealkylation sites (tertiary alicyclic amines) is 2. The molecule has 0 aliphatic carbocycles. The van der Waals surface area contributed by atoms with Crippen LogP contribution in [0, 0.1) is 27.2 Å². The average Bonchev–Trinajstić information content (AvgIpc) is 3.68. The summed E-state index contributed by atoms with van der Waals surface area (Å²) in [4.78, 5) is 75.4. The van der Waals surface area contributed by atoms with Crippen LogP contribution in [0.4, 0.5) is 11.4 Å². The summed E-state index contributed by atoms with van der Waals surface area (Å²) < 4.78 is 26.1. The van der Waals surface area contributed by atoms with E-state index in [1.807, 2.05) is 0 Å². The summed E-state index contributed by atoms with van der Waals surface area (Å²) in [5.74, 6) is -3.27. The molecule has 19 nitrogen and oxygen atoms in total. The SMILES string of the molecule is COC(=O)[C@@H]1C[C@@H](O)CN1C(=O)c1cc(C)c(OCCCOc2cc([N+](=O)[O-])c(C(=O)N3C[C@H](O)C[C@H]3C(=O)OC)cc2OC)cc1[N+](=O)[O-]. The minimum atomic E-state index is -1.14. The maximum atomic E-state index is 13.3. The number of aliphatic hydroxyl groups is 2. The van der Waals surface area contributed by atoms with Gasteiger partial charge in [0.05, 0.1) is 68.7 Å². The molecule has 19 heteroatoms. The van der Waals surface area contributed by atoms with E-state index >= 15 is 0 Å². The van der Waals surface area contributed by atoms with E-state index in [4.69, 9.17) is 23.7 Å². The third kappa shape index (κ3) is 7.84. The van der Waals surface area contributed by atoms with Crippen LogP contribution in [0.25, 0.3) is 0 Å². The molecule has 0 saturated carbocycles. The van der Waals surface area contributed by atoms with Gasteiger partial charge < -0.3 is 43.7 Å². The van der Waals surface area contributed by atoms with Crippen molar-refractivity contribution in [2.75, 3.05) is 47.6 Å². The van der Waals surface area contributed by atoms with Crippen LogP contribution in [0.15, 0.2) is 24.3 Å². The molecule has 2 aliphatic heterocycles. The number of hydrogen-bond acceptors (Lipinski definition) is 15. The zero-order chi connectivity index (χ0) is 36.9. The van der Waals surface area contributed by atoms with Crippen LogP contribution in [-0.2, 0) is 19.1 Å². The number of benzene rings is 2. The van der Waals surface area contributed by atoms with Gasteiger partial charge >= 0.3 is 11.9 Å². The van der Waals surface area contributed by atoms with Crippen molar-refractivity contribution in [3.05, 3.63) is 61.2 Å². The normalized spacial score (nSPS) is 19.9. The van der Waals surface area contributed by atoms with Crippen LogP contribution in [0.5, 0.6) is 17.2 Å². The Kier molecular flexibility index (Phi) is 11.8. The standard InChI is InChI=1S/C31H36N4O15/c1-16-8-19(28(38)32-14-17(36)9-23(32)30(40)47-3)21(34(42)43)12-25(16)49-6-5-7-50-27-13-22(35(44)45)20(11-26(27)46-2)29(39)33-15-18(37)10-24(33)31(41)48-4/h8,11-13,17-18,23-24,36-37H,5-7,9-10,14-15H2,1-4H3/t17-,18-,23+,24+/m1/s1. The largest absolute Gasteiger partial charge is 0.493 e. The lowest BCUT2D eigenvalue weighted by Gasteiger charge is -2.23. The molecule has 0 spiro atoms. The first-order valence-corrected chi connectivity index (χ1v) is 15.3. The Hall–Kier alpha value is -5.56. The average molecular weight is 705 g/mol. The van der Waals surface area contributed by atoms with E-state index in [0.29, 0.717) is 5.56 Å². The number of aliphatic hydroxyl groups excluding tert-OH is 2. The molecule has 2 aliphatic rings. The maximum absolute atomic E-state index is 13.3. The summed E-state index contributed by atoms with van der Waals surface area (Å²) in [5, 5.41) is 44.0. The molecule has 50 heavy (non-hydrogen) atoms. The number of esters is 2. The Labute approximate surface area is 284 Å². The van der Waals surface area contributed by atoms with Crippen LogP contribution in [0.2, 0.25) is 0 Å². The first-order valence-electron chi connectivity index (χ1n) is 15.3. The zero-order valence-electron chi connectivity index (χ0n) is 27.6. The van der Waals surface area contributed by atoms with Gasteiger partial charge in [-0.1, -0.05) is 0 Å². The number of hydrogen-bond donors (Lipinski definition) is 2. The number of methoxy groups -OCH3 is 3. The van der Waals surface area contributed by atoms with Gasteiger partial charge in [0.1, 0.15) is 29.0 Å². The number of nitro groups is 2. The molecule has 2 aromatic carbocycles. The lowest BCUT2D eigenvalue weighted by molar-refractivity contribution is -0.385. The van der Waals surface area contributed by atoms with E-state index in [-0.39, 0.29) is 68.4 Å². The molecule has 4 atom stereocenters. The van der Waals surface area contributed by atoms with E-state index in [9.17, 15) is 49.6 Å². The van der Waals surface area contributed by atoms with Crippen molar-refractivity contribution in [2.24, 2.45) is 0 Å². The molecule has 2 heterocycles. The Morgan fingerprint density at radius 2 is 1.18 bits per heavy atom. The van der Waals surface area contributed by atoms with Crippen molar-refractivity contribution in [3.63, 3.8) is 0 Å². The Morgan fingerprint density at radius 3 is 1.62 bits per heavy atom. The first-order chi connectivity index (χ1) is 23.7. The second-order valence-corrected chi connectivity index (χ2v) is 11.5. The number of carbonyl (C=O) groups excluding carboxylic acids is 4.